The van der Waals surface area contributed by atoms with Crippen LogP contribution < -0.4 is 20.7 Å². The number of nitrogens with one attached hydrogen (secondary N) is 1. The number of imide groups is 1. The standard InChI is InChI=1S/C20H24N4O3/c1-27-17-9-7-16(8-10-17)23-11-13-24(14-12-23)18(19(25)22-20(21)26)15-5-3-2-4-6-15/h2-10,18H,11-14H2,1H3,(H3,21,22,25,26)/t18-/m1/s1. The number of amides is 3. The molecular formula is C20H24N4O3. The van der Waals surface area contributed by atoms with E-state index in [2.05, 4.69) is 15.1 Å². The Morgan fingerprint density at radius 2 is 1.63 bits per heavy atom. The van der Waals surface area contributed by atoms with E-state index in [-0.39, 0.29) is 0 Å². The molecule has 7 nitrogen and oxygen atoms in total. The van der Waals surface area contributed by atoms with Crippen LogP contribution in [0.5, 0.6) is 5.75 Å². The molecule has 0 bridgehead atoms. The molecule has 3 amide bonds. The molecule has 0 unspecified atom stereocenters. The first-order chi connectivity index (χ1) is 13.1. The topological polar surface area (TPSA) is 87.9 Å². The SMILES string of the molecule is COc1ccc(N2CCN([C@@H](C(=O)NC(N)=O)c3ccccc3)CC2)cc1. The van der Waals surface area contributed by atoms with Crippen LogP contribution in [0.4, 0.5) is 10.5 Å². The molecule has 1 aliphatic rings. The van der Waals surface area contributed by atoms with Crippen molar-refractivity contribution in [2.75, 3.05) is 38.2 Å². The highest BCUT2D eigenvalue weighted by atomic mass is 16.5. The van der Waals surface area contributed by atoms with E-state index in [0.29, 0.717) is 13.1 Å². The van der Waals surface area contributed by atoms with Gasteiger partial charge in [-0.2, -0.15) is 0 Å². The van der Waals surface area contributed by atoms with Crippen LogP contribution in [0, 0.1) is 0 Å². The Morgan fingerprint density at radius 3 is 2.19 bits per heavy atom. The number of carbonyl (C=O) groups is 2. The van der Waals surface area contributed by atoms with Gasteiger partial charge in [0.2, 0.25) is 5.91 Å². The monoisotopic (exact) mass is 368 g/mol. The van der Waals surface area contributed by atoms with Crippen LogP contribution in [0.25, 0.3) is 0 Å². The zero-order valence-corrected chi connectivity index (χ0v) is 15.3. The van der Waals surface area contributed by atoms with E-state index in [4.69, 9.17) is 10.5 Å². The molecule has 3 rings (SSSR count). The van der Waals surface area contributed by atoms with E-state index in [1.165, 1.54) is 0 Å². The number of anilines is 1. The predicted molar refractivity (Wildman–Crippen MR) is 104 cm³/mol. The Morgan fingerprint density at radius 1 is 1.00 bits per heavy atom. The zero-order chi connectivity index (χ0) is 19.2. The maximum Gasteiger partial charge on any atom is 0.318 e. The number of nitrogens with two attached hydrogens (primary N) is 1. The van der Waals surface area contributed by atoms with Gasteiger partial charge in [0.25, 0.3) is 0 Å². The second kappa shape index (κ2) is 8.55. The lowest BCUT2D eigenvalue weighted by Gasteiger charge is -2.39. The Balaban J connectivity index is 1.71. The Bertz CT molecular complexity index is 772. The molecule has 27 heavy (non-hydrogen) atoms. The first-order valence-electron chi connectivity index (χ1n) is 8.87. The summed E-state index contributed by atoms with van der Waals surface area (Å²) in [5, 5.41) is 2.22. The first kappa shape index (κ1) is 18.7. The van der Waals surface area contributed by atoms with Gasteiger partial charge >= 0.3 is 6.03 Å². The Labute approximate surface area is 158 Å². The highest BCUT2D eigenvalue weighted by Gasteiger charge is 2.31. The van der Waals surface area contributed by atoms with E-state index in [1.54, 1.807) is 7.11 Å². The minimum absolute atomic E-state index is 0.397. The summed E-state index contributed by atoms with van der Waals surface area (Å²) < 4.78 is 5.20. The molecule has 0 aromatic heterocycles. The maximum atomic E-state index is 12.6. The zero-order valence-electron chi connectivity index (χ0n) is 15.3. The number of primary amides is 1. The molecule has 3 N–H and O–H groups in total. The normalized spacial score (nSPS) is 15.8. The molecule has 2 aromatic carbocycles. The third kappa shape index (κ3) is 4.57. The summed E-state index contributed by atoms with van der Waals surface area (Å²) in [7, 11) is 1.65. The van der Waals surface area contributed by atoms with Crippen molar-refractivity contribution in [1.29, 1.82) is 0 Å². The molecule has 1 heterocycles. The molecule has 1 aliphatic heterocycles. The van der Waals surface area contributed by atoms with Gasteiger partial charge in [-0.1, -0.05) is 30.3 Å². The first-order valence-corrected chi connectivity index (χ1v) is 8.87. The van der Waals surface area contributed by atoms with Crippen molar-refractivity contribution < 1.29 is 14.3 Å². The van der Waals surface area contributed by atoms with Crippen LogP contribution in [0.3, 0.4) is 0 Å². The number of hydrogen-bond acceptors (Lipinski definition) is 5. The quantitative estimate of drug-likeness (QED) is 0.840. The van der Waals surface area contributed by atoms with Crippen molar-refractivity contribution in [2.24, 2.45) is 5.73 Å². The highest BCUT2D eigenvalue weighted by molar-refractivity contribution is 5.96. The van der Waals surface area contributed by atoms with Crippen LogP contribution in [0.2, 0.25) is 0 Å². The van der Waals surface area contributed by atoms with Gasteiger partial charge in [0.15, 0.2) is 0 Å². The number of urea groups is 1. The van der Waals surface area contributed by atoms with Crippen molar-refractivity contribution in [2.45, 2.75) is 6.04 Å². The summed E-state index contributed by atoms with van der Waals surface area (Å²) in [5.41, 5.74) is 7.11. The molecule has 2 aromatic rings. The molecule has 0 spiro atoms. The molecular weight excluding hydrogens is 344 g/mol. The number of benzene rings is 2. The van der Waals surface area contributed by atoms with E-state index >= 15 is 0 Å². The highest BCUT2D eigenvalue weighted by Crippen LogP contribution is 2.25. The average molecular weight is 368 g/mol. The Kier molecular flexibility index (Phi) is 5.93. The average Bonchev–Trinajstić information content (AvgIpc) is 2.69. The largest absolute Gasteiger partial charge is 0.497 e. The van der Waals surface area contributed by atoms with Gasteiger partial charge in [0.1, 0.15) is 11.8 Å². The van der Waals surface area contributed by atoms with E-state index in [0.717, 1.165) is 30.1 Å². The molecule has 0 aliphatic carbocycles. The second-order valence-corrected chi connectivity index (χ2v) is 6.39. The number of rotatable bonds is 5. The maximum absolute atomic E-state index is 12.6. The summed E-state index contributed by atoms with van der Waals surface area (Å²) in [6.45, 7) is 2.94. The van der Waals surface area contributed by atoms with Crippen LogP contribution in [-0.2, 0) is 4.79 Å². The number of piperazine rings is 1. The van der Waals surface area contributed by atoms with E-state index in [9.17, 15) is 9.59 Å². The van der Waals surface area contributed by atoms with Gasteiger partial charge in [-0.05, 0) is 29.8 Å². The number of carbonyl (C=O) groups excluding carboxylic acids is 2. The molecule has 1 atom stereocenters. The van der Waals surface area contributed by atoms with E-state index in [1.807, 2.05) is 54.6 Å². The second-order valence-electron chi connectivity index (χ2n) is 6.39. The molecule has 1 fully saturated rings. The number of ether oxygens (including phenoxy) is 1. The van der Waals surface area contributed by atoms with Crippen LogP contribution in [-0.4, -0.2) is 50.1 Å². The van der Waals surface area contributed by atoms with Gasteiger partial charge in [0.05, 0.1) is 7.11 Å². The van der Waals surface area contributed by atoms with Crippen molar-refractivity contribution in [3.8, 4) is 5.75 Å². The third-order valence-corrected chi connectivity index (χ3v) is 4.73. The molecule has 142 valence electrons. The summed E-state index contributed by atoms with van der Waals surface area (Å²) in [4.78, 5) is 28.1. The number of hydrogen-bond donors (Lipinski definition) is 2. The fourth-order valence-electron chi connectivity index (χ4n) is 3.38. The molecule has 1 saturated heterocycles. The van der Waals surface area contributed by atoms with Crippen LogP contribution in [0.1, 0.15) is 11.6 Å². The van der Waals surface area contributed by atoms with Crippen molar-refractivity contribution in [3.63, 3.8) is 0 Å². The van der Waals surface area contributed by atoms with Gasteiger partial charge in [0, 0.05) is 31.9 Å². The fraction of sp³-hybridized carbons (Fsp3) is 0.300. The van der Waals surface area contributed by atoms with Crippen molar-refractivity contribution >= 4 is 17.6 Å². The summed E-state index contributed by atoms with van der Waals surface area (Å²) in [6.07, 6.45) is 0. The smallest absolute Gasteiger partial charge is 0.318 e. The fourth-order valence-corrected chi connectivity index (χ4v) is 3.38. The summed E-state index contributed by atoms with van der Waals surface area (Å²) in [6, 6.07) is 16.0. The minimum atomic E-state index is -0.835. The lowest BCUT2D eigenvalue weighted by atomic mass is 10.0. The molecule has 0 radical (unpaired) electrons. The summed E-state index contributed by atoms with van der Waals surface area (Å²) in [5.74, 6) is 0.427. The van der Waals surface area contributed by atoms with Gasteiger partial charge in [-0.3, -0.25) is 15.0 Å². The lowest BCUT2D eigenvalue weighted by molar-refractivity contribution is -0.125. The summed E-state index contributed by atoms with van der Waals surface area (Å²) >= 11 is 0. The molecule has 0 saturated carbocycles. The lowest BCUT2D eigenvalue weighted by Crippen LogP contribution is -2.52. The van der Waals surface area contributed by atoms with Gasteiger partial charge in [-0.15, -0.1) is 0 Å². The Hall–Kier alpha value is -3.06. The van der Waals surface area contributed by atoms with Gasteiger partial charge in [-0.25, -0.2) is 4.79 Å². The molecule has 7 heteroatoms. The van der Waals surface area contributed by atoms with Crippen molar-refractivity contribution in [3.05, 3.63) is 60.2 Å². The van der Waals surface area contributed by atoms with E-state index < -0.39 is 18.0 Å². The number of methoxy groups -OCH3 is 1. The number of nitrogens with zero attached hydrogens (tertiary/aromatic N) is 2. The predicted octanol–water partition coefficient (Wildman–Crippen LogP) is 1.75. The third-order valence-electron chi connectivity index (χ3n) is 4.73. The van der Waals surface area contributed by atoms with Crippen LogP contribution >= 0.6 is 0 Å². The minimum Gasteiger partial charge on any atom is -0.497 e. The van der Waals surface area contributed by atoms with Crippen LogP contribution in [0.15, 0.2) is 54.6 Å². The van der Waals surface area contributed by atoms with Gasteiger partial charge < -0.3 is 15.4 Å². The van der Waals surface area contributed by atoms with Crippen molar-refractivity contribution in [1.82, 2.24) is 10.2 Å².